The highest BCUT2D eigenvalue weighted by molar-refractivity contribution is 6.31. The number of nitrogens with zero attached hydrogens (tertiary/aromatic N) is 3. The number of rotatable bonds is 8. The maximum absolute atomic E-state index is 6.44. The van der Waals surface area contributed by atoms with Crippen LogP contribution in [0.1, 0.15) is 50.8 Å². The van der Waals surface area contributed by atoms with Gasteiger partial charge < -0.3 is 10.2 Å². The Balaban J connectivity index is 2.11. The summed E-state index contributed by atoms with van der Waals surface area (Å²) in [5.74, 6) is 0.835. The van der Waals surface area contributed by atoms with Crippen molar-refractivity contribution < 1.29 is 0 Å². The van der Waals surface area contributed by atoms with Gasteiger partial charge in [-0.15, -0.1) is 0 Å². The van der Waals surface area contributed by atoms with Gasteiger partial charge in [-0.3, -0.25) is 4.68 Å². The largest absolute Gasteiger partial charge is 0.309 e. The van der Waals surface area contributed by atoms with Crippen LogP contribution in [0, 0.1) is 5.92 Å². The molecule has 1 heterocycles. The minimum atomic E-state index is 0.329. The van der Waals surface area contributed by atoms with Gasteiger partial charge in [0.2, 0.25) is 0 Å². The minimum Gasteiger partial charge on any atom is -0.309 e. The molecule has 0 amide bonds. The number of likely N-dealkylation sites (N-methyl/N-ethyl adjacent to an activating group) is 1. The normalized spacial score (nSPS) is 17.8. The summed E-state index contributed by atoms with van der Waals surface area (Å²) in [6.07, 6.45) is 8.48. The van der Waals surface area contributed by atoms with Crippen LogP contribution in [0.15, 0.2) is 6.20 Å². The van der Waals surface area contributed by atoms with Crippen LogP contribution in [0.2, 0.25) is 5.02 Å². The Morgan fingerprint density at radius 2 is 2.14 bits per heavy atom. The van der Waals surface area contributed by atoms with Crippen LogP contribution in [-0.4, -0.2) is 41.9 Å². The summed E-state index contributed by atoms with van der Waals surface area (Å²) in [4.78, 5) is 2.18. The third-order valence-corrected chi connectivity index (χ3v) is 4.71. The van der Waals surface area contributed by atoms with E-state index >= 15 is 0 Å². The van der Waals surface area contributed by atoms with E-state index in [0.717, 1.165) is 30.6 Å². The highest BCUT2D eigenvalue weighted by Crippen LogP contribution is 2.35. The SMILES string of the molecule is CCNC(CC1CCCC1)c1c(Cl)cnn1CCN(C)C. The summed E-state index contributed by atoms with van der Waals surface area (Å²) >= 11 is 6.44. The van der Waals surface area contributed by atoms with Crippen LogP contribution in [0.3, 0.4) is 0 Å². The lowest BCUT2D eigenvalue weighted by molar-refractivity contribution is 0.346. The molecule has 1 fully saturated rings. The van der Waals surface area contributed by atoms with E-state index in [4.69, 9.17) is 11.6 Å². The molecule has 1 saturated carbocycles. The van der Waals surface area contributed by atoms with Gasteiger partial charge in [-0.25, -0.2) is 0 Å². The summed E-state index contributed by atoms with van der Waals surface area (Å²) in [7, 11) is 4.18. The van der Waals surface area contributed by atoms with Crippen molar-refractivity contribution in [2.75, 3.05) is 27.2 Å². The molecule has 1 aromatic heterocycles. The van der Waals surface area contributed by atoms with Crippen molar-refractivity contribution in [1.82, 2.24) is 20.0 Å². The second-order valence-corrected chi connectivity index (χ2v) is 6.81. The molecule has 0 aromatic carbocycles. The van der Waals surface area contributed by atoms with E-state index in [0.29, 0.717) is 6.04 Å². The second-order valence-electron chi connectivity index (χ2n) is 6.40. The fourth-order valence-electron chi connectivity index (χ4n) is 3.31. The monoisotopic (exact) mass is 312 g/mol. The molecule has 1 aliphatic rings. The zero-order valence-electron chi connectivity index (χ0n) is 13.6. The Bertz CT molecular complexity index is 424. The van der Waals surface area contributed by atoms with Crippen molar-refractivity contribution >= 4 is 11.6 Å². The highest BCUT2D eigenvalue weighted by atomic mass is 35.5. The van der Waals surface area contributed by atoms with Gasteiger partial charge in [0.25, 0.3) is 0 Å². The quantitative estimate of drug-likeness (QED) is 0.799. The van der Waals surface area contributed by atoms with Crippen LogP contribution in [0.5, 0.6) is 0 Å². The molecule has 1 atom stereocenters. The van der Waals surface area contributed by atoms with Gasteiger partial charge in [-0.2, -0.15) is 5.10 Å². The van der Waals surface area contributed by atoms with Gasteiger partial charge in [0.15, 0.2) is 0 Å². The number of hydrogen-bond acceptors (Lipinski definition) is 3. The maximum Gasteiger partial charge on any atom is 0.0834 e. The molecule has 1 aromatic rings. The average molecular weight is 313 g/mol. The van der Waals surface area contributed by atoms with Crippen LogP contribution < -0.4 is 5.32 Å². The smallest absolute Gasteiger partial charge is 0.0834 e. The van der Waals surface area contributed by atoms with Crippen LogP contribution >= 0.6 is 11.6 Å². The van der Waals surface area contributed by atoms with Gasteiger partial charge in [-0.05, 0) is 33.0 Å². The first-order valence-corrected chi connectivity index (χ1v) is 8.59. The van der Waals surface area contributed by atoms with E-state index in [2.05, 4.69) is 41.0 Å². The molecular formula is C16H29ClN4. The molecule has 1 aliphatic carbocycles. The standard InChI is InChI=1S/C16H29ClN4/c1-4-18-15(11-13-7-5-6-8-13)16-14(17)12-19-21(16)10-9-20(2)3/h12-13,15,18H,4-11H2,1-3H3. The van der Waals surface area contributed by atoms with Crippen molar-refractivity contribution in [1.29, 1.82) is 0 Å². The molecule has 120 valence electrons. The lowest BCUT2D eigenvalue weighted by Gasteiger charge is -2.23. The number of nitrogens with one attached hydrogen (secondary N) is 1. The van der Waals surface area contributed by atoms with Crippen LogP contribution in [0.4, 0.5) is 0 Å². The zero-order chi connectivity index (χ0) is 15.2. The summed E-state index contributed by atoms with van der Waals surface area (Å²) in [5.41, 5.74) is 1.17. The van der Waals surface area contributed by atoms with Crippen molar-refractivity contribution in [3.8, 4) is 0 Å². The summed E-state index contributed by atoms with van der Waals surface area (Å²) in [6.45, 7) is 5.00. The zero-order valence-corrected chi connectivity index (χ0v) is 14.4. The van der Waals surface area contributed by atoms with Gasteiger partial charge in [0, 0.05) is 6.54 Å². The molecule has 2 rings (SSSR count). The first-order valence-electron chi connectivity index (χ1n) is 8.21. The number of aromatic nitrogens is 2. The second kappa shape index (κ2) is 8.16. The molecule has 0 spiro atoms. The number of halogens is 1. The van der Waals surface area contributed by atoms with Crippen molar-refractivity contribution in [2.45, 2.75) is 51.6 Å². The van der Waals surface area contributed by atoms with Gasteiger partial charge >= 0.3 is 0 Å². The molecule has 5 heteroatoms. The third kappa shape index (κ3) is 4.70. The fourth-order valence-corrected chi connectivity index (χ4v) is 3.58. The molecule has 4 nitrogen and oxygen atoms in total. The van der Waals surface area contributed by atoms with E-state index in [-0.39, 0.29) is 0 Å². The Labute approximate surface area is 133 Å². The van der Waals surface area contributed by atoms with Gasteiger partial charge in [0.05, 0.1) is 29.5 Å². The Morgan fingerprint density at radius 1 is 1.43 bits per heavy atom. The van der Waals surface area contributed by atoms with Crippen molar-refractivity contribution in [2.24, 2.45) is 5.92 Å². The molecular weight excluding hydrogens is 284 g/mol. The Morgan fingerprint density at radius 3 is 2.76 bits per heavy atom. The average Bonchev–Trinajstić information content (AvgIpc) is 3.05. The van der Waals surface area contributed by atoms with E-state index in [1.54, 1.807) is 6.20 Å². The summed E-state index contributed by atoms with van der Waals surface area (Å²) < 4.78 is 2.09. The lowest BCUT2D eigenvalue weighted by Crippen LogP contribution is -2.28. The summed E-state index contributed by atoms with van der Waals surface area (Å²) in [5, 5.41) is 8.91. The predicted molar refractivity (Wildman–Crippen MR) is 88.8 cm³/mol. The third-order valence-electron chi connectivity index (χ3n) is 4.42. The topological polar surface area (TPSA) is 33.1 Å². The van der Waals surface area contributed by atoms with E-state index < -0.39 is 0 Å². The highest BCUT2D eigenvalue weighted by Gasteiger charge is 2.25. The molecule has 21 heavy (non-hydrogen) atoms. The van der Waals surface area contributed by atoms with Gasteiger partial charge in [-0.1, -0.05) is 44.2 Å². The van der Waals surface area contributed by atoms with Crippen molar-refractivity contribution in [3.05, 3.63) is 16.9 Å². The summed E-state index contributed by atoms with van der Waals surface area (Å²) in [6, 6.07) is 0.329. The van der Waals surface area contributed by atoms with Crippen LogP contribution in [-0.2, 0) is 6.54 Å². The lowest BCUT2D eigenvalue weighted by atomic mass is 9.96. The van der Waals surface area contributed by atoms with E-state index in [9.17, 15) is 0 Å². The molecule has 0 aliphatic heterocycles. The molecule has 1 unspecified atom stereocenters. The Hall–Kier alpha value is -0.580. The fraction of sp³-hybridized carbons (Fsp3) is 0.812. The molecule has 1 N–H and O–H groups in total. The number of hydrogen-bond donors (Lipinski definition) is 1. The van der Waals surface area contributed by atoms with Crippen molar-refractivity contribution in [3.63, 3.8) is 0 Å². The first kappa shape index (κ1) is 16.8. The van der Waals surface area contributed by atoms with E-state index in [1.807, 2.05) is 0 Å². The Kier molecular flexibility index (Phi) is 6.52. The van der Waals surface area contributed by atoms with Crippen LogP contribution in [0.25, 0.3) is 0 Å². The van der Waals surface area contributed by atoms with Gasteiger partial charge in [0.1, 0.15) is 0 Å². The molecule has 0 radical (unpaired) electrons. The molecule has 0 bridgehead atoms. The predicted octanol–water partition coefficient (Wildman–Crippen LogP) is 3.33. The maximum atomic E-state index is 6.44. The first-order chi connectivity index (χ1) is 10.1. The van der Waals surface area contributed by atoms with E-state index in [1.165, 1.54) is 37.8 Å². The molecule has 0 saturated heterocycles. The minimum absolute atomic E-state index is 0.329.